The Hall–Kier alpha value is -2.45. The zero-order chi connectivity index (χ0) is 19.9. The van der Waals surface area contributed by atoms with Crippen molar-refractivity contribution >= 4 is 15.9 Å². The first kappa shape index (κ1) is 20.9. The lowest BCUT2D eigenvalue weighted by Crippen LogP contribution is -2.35. The molecule has 0 radical (unpaired) electrons. The summed E-state index contributed by atoms with van der Waals surface area (Å²) in [4.78, 5) is 24.1. The summed E-state index contributed by atoms with van der Waals surface area (Å²) in [6.45, 7) is 4.37. The molecule has 0 unspecified atom stereocenters. The zero-order valence-corrected chi connectivity index (χ0v) is 16.4. The fourth-order valence-electron chi connectivity index (χ4n) is 2.70. The van der Waals surface area contributed by atoms with Gasteiger partial charge in [-0.1, -0.05) is 44.2 Å². The molecule has 2 aromatic rings. The lowest BCUT2D eigenvalue weighted by Gasteiger charge is -2.19. The van der Waals surface area contributed by atoms with Crippen LogP contribution in [0.3, 0.4) is 0 Å². The number of sulfonamides is 1. The van der Waals surface area contributed by atoms with Gasteiger partial charge in [0.1, 0.15) is 6.54 Å². The third kappa shape index (κ3) is 5.51. The molecular formula is C19H25N3O4S. The minimum atomic E-state index is -3.69. The van der Waals surface area contributed by atoms with Crippen LogP contribution in [-0.2, 0) is 27.8 Å². The molecule has 0 atom stereocenters. The van der Waals surface area contributed by atoms with Crippen LogP contribution < -0.4 is 10.9 Å². The fourth-order valence-corrected chi connectivity index (χ4v) is 4.18. The molecule has 1 aromatic heterocycles. The van der Waals surface area contributed by atoms with E-state index in [0.29, 0.717) is 26.1 Å². The number of amides is 1. The molecule has 1 aromatic carbocycles. The van der Waals surface area contributed by atoms with Crippen LogP contribution in [0, 0.1) is 0 Å². The van der Waals surface area contributed by atoms with Gasteiger partial charge in [0.15, 0.2) is 0 Å². The molecule has 27 heavy (non-hydrogen) atoms. The molecule has 1 N–H and O–H groups in total. The molecule has 0 aliphatic carbocycles. The Balaban J connectivity index is 2.05. The number of rotatable bonds is 9. The highest BCUT2D eigenvalue weighted by atomic mass is 32.2. The third-order valence-electron chi connectivity index (χ3n) is 4.19. The van der Waals surface area contributed by atoms with Gasteiger partial charge in [0.25, 0.3) is 5.56 Å². The largest absolute Gasteiger partial charge is 0.354 e. The van der Waals surface area contributed by atoms with Gasteiger partial charge < -0.3 is 9.88 Å². The van der Waals surface area contributed by atoms with E-state index in [2.05, 4.69) is 5.32 Å². The van der Waals surface area contributed by atoms with E-state index >= 15 is 0 Å². The highest BCUT2D eigenvalue weighted by Gasteiger charge is 2.22. The van der Waals surface area contributed by atoms with E-state index in [-0.39, 0.29) is 17.3 Å². The Kier molecular flexibility index (Phi) is 7.32. The van der Waals surface area contributed by atoms with Crippen LogP contribution in [0.5, 0.6) is 0 Å². The topological polar surface area (TPSA) is 88.5 Å². The van der Waals surface area contributed by atoms with Crippen molar-refractivity contribution in [3.8, 4) is 0 Å². The Labute approximate surface area is 159 Å². The quantitative estimate of drug-likeness (QED) is 0.697. The molecule has 0 bridgehead atoms. The first-order valence-electron chi connectivity index (χ1n) is 8.89. The molecule has 1 amide bonds. The number of hydrogen-bond donors (Lipinski definition) is 1. The Morgan fingerprint density at radius 2 is 1.74 bits per heavy atom. The second-order valence-corrected chi connectivity index (χ2v) is 7.94. The number of aromatic nitrogens is 1. The Morgan fingerprint density at radius 1 is 1.07 bits per heavy atom. The van der Waals surface area contributed by atoms with Gasteiger partial charge in [0.05, 0.1) is 4.90 Å². The number of benzene rings is 1. The van der Waals surface area contributed by atoms with E-state index in [1.807, 2.05) is 30.3 Å². The SMILES string of the molecule is CCN(CC)S(=O)(=O)c1ccc(=O)n(CC(=O)NCCc2ccccc2)c1. The zero-order valence-electron chi connectivity index (χ0n) is 15.6. The molecule has 0 aliphatic rings. The molecule has 146 valence electrons. The minimum absolute atomic E-state index is 0.00267. The normalized spacial score (nSPS) is 11.5. The summed E-state index contributed by atoms with van der Waals surface area (Å²) in [6.07, 6.45) is 1.91. The van der Waals surface area contributed by atoms with Gasteiger partial charge >= 0.3 is 0 Å². The van der Waals surface area contributed by atoms with Crippen LogP contribution in [0.1, 0.15) is 19.4 Å². The number of pyridine rings is 1. The Morgan fingerprint density at radius 3 is 2.37 bits per heavy atom. The number of nitrogens with one attached hydrogen (secondary N) is 1. The van der Waals surface area contributed by atoms with Gasteiger partial charge in [-0.3, -0.25) is 9.59 Å². The van der Waals surface area contributed by atoms with Gasteiger partial charge in [-0.15, -0.1) is 0 Å². The van der Waals surface area contributed by atoms with E-state index in [4.69, 9.17) is 0 Å². The second kappa shape index (κ2) is 9.48. The molecule has 0 aliphatic heterocycles. The number of hydrogen-bond acceptors (Lipinski definition) is 4. The predicted octanol–water partition coefficient (Wildman–Crippen LogP) is 1.24. The van der Waals surface area contributed by atoms with Gasteiger partial charge in [-0.2, -0.15) is 4.31 Å². The van der Waals surface area contributed by atoms with E-state index < -0.39 is 15.6 Å². The Bertz CT molecular complexity index is 919. The molecule has 2 rings (SSSR count). The molecular weight excluding hydrogens is 366 g/mol. The molecule has 0 spiro atoms. The number of nitrogens with zero attached hydrogens (tertiary/aromatic N) is 2. The minimum Gasteiger partial charge on any atom is -0.354 e. The van der Waals surface area contributed by atoms with Gasteiger partial charge in [0.2, 0.25) is 15.9 Å². The van der Waals surface area contributed by atoms with E-state index in [0.717, 1.165) is 10.1 Å². The number of carbonyl (C=O) groups is 1. The number of carbonyl (C=O) groups excluding carboxylic acids is 1. The van der Waals surface area contributed by atoms with Crippen molar-refractivity contribution in [2.45, 2.75) is 31.7 Å². The highest BCUT2D eigenvalue weighted by Crippen LogP contribution is 2.13. The van der Waals surface area contributed by atoms with Crippen molar-refractivity contribution < 1.29 is 13.2 Å². The van der Waals surface area contributed by atoms with Crippen LogP contribution in [0.25, 0.3) is 0 Å². The third-order valence-corrected chi connectivity index (χ3v) is 6.23. The van der Waals surface area contributed by atoms with Crippen molar-refractivity contribution in [1.29, 1.82) is 0 Å². The highest BCUT2D eigenvalue weighted by molar-refractivity contribution is 7.89. The van der Waals surface area contributed by atoms with Crippen LogP contribution in [0.4, 0.5) is 0 Å². The van der Waals surface area contributed by atoms with Crippen LogP contribution in [-0.4, -0.2) is 42.8 Å². The monoisotopic (exact) mass is 391 g/mol. The summed E-state index contributed by atoms with van der Waals surface area (Å²) in [5, 5.41) is 2.75. The van der Waals surface area contributed by atoms with Crippen molar-refractivity contribution in [1.82, 2.24) is 14.2 Å². The van der Waals surface area contributed by atoms with Crippen LogP contribution in [0.15, 0.2) is 58.4 Å². The average Bonchev–Trinajstić information content (AvgIpc) is 2.65. The standard InChI is InChI=1S/C19H25N3O4S/c1-3-22(4-2)27(25,26)17-10-11-19(24)21(14-17)15-18(23)20-13-12-16-8-6-5-7-9-16/h5-11,14H,3-4,12-13,15H2,1-2H3,(H,20,23). The molecule has 8 heteroatoms. The van der Waals surface area contributed by atoms with Crippen molar-refractivity contribution in [2.75, 3.05) is 19.6 Å². The van der Waals surface area contributed by atoms with Crippen molar-refractivity contribution in [3.05, 3.63) is 64.6 Å². The van der Waals surface area contributed by atoms with Crippen LogP contribution >= 0.6 is 0 Å². The first-order chi connectivity index (χ1) is 12.9. The van der Waals surface area contributed by atoms with E-state index in [9.17, 15) is 18.0 Å². The summed E-state index contributed by atoms with van der Waals surface area (Å²) >= 11 is 0. The smallest absolute Gasteiger partial charge is 0.251 e. The lowest BCUT2D eigenvalue weighted by molar-refractivity contribution is -0.121. The first-order valence-corrected chi connectivity index (χ1v) is 10.3. The van der Waals surface area contributed by atoms with E-state index in [1.165, 1.54) is 22.6 Å². The van der Waals surface area contributed by atoms with Crippen molar-refractivity contribution in [3.63, 3.8) is 0 Å². The summed E-state index contributed by atoms with van der Waals surface area (Å²) in [7, 11) is -3.69. The molecule has 7 nitrogen and oxygen atoms in total. The van der Waals surface area contributed by atoms with E-state index in [1.54, 1.807) is 13.8 Å². The molecule has 1 heterocycles. The maximum Gasteiger partial charge on any atom is 0.251 e. The lowest BCUT2D eigenvalue weighted by atomic mass is 10.1. The molecule has 0 fully saturated rings. The predicted molar refractivity (Wildman–Crippen MR) is 104 cm³/mol. The summed E-state index contributed by atoms with van der Waals surface area (Å²) in [6, 6.07) is 12.2. The summed E-state index contributed by atoms with van der Waals surface area (Å²) in [5.41, 5.74) is 0.675. The average molecular weight is 391 g/mol. The van der Waals surface area contributed by atoms with Gasteiger partial charge in [-0.05, 0) is 18.1 Å². The second-order valence-electron chi connectivity index (χ2n) is 6.01. The fraction of sp³-hybridized carbons (Fsp3) is 0.368. The summed E-state index contributed by atoms with van der Waals surface area (Å²) in [5.74, 6) is -0.342. The summed E-state index contributed by atoms with van der Waals surface area (Å²) < 4.78 is 27.6. The van der Waals surface area contributed by atoms with Crippen molar-refractivity contribution in [2.24, 2.45) is 0 Å². The molecule has 0 saturated heterocycles. The maximum atomic E-state index is 12.6. The van der Waals surface area contributed by atoms with Crippen LogP contribution in [0.2, 0.25) is 0 Å². The molecule has 0 saturated carbocycles. The van der Waals surface area contributed by atoms with Gasteiger partial charge in [-0.25, -0.2) is 8.42 Å². The van der Waals surface area contributed by atoms with Gasteiger partial charge in [0, 0.05) is 31.9 Å². The maximum absolute atomic E-state index is 12.6.